The van der Waals surface area contributed by atoms with E-state index in [1.165, 1.54) is 16.4 Å². The molecule has 0 aliphatic rings. The van der Waals surface area contributed by atoms with Gasteiger partial charge in [-0.15, -0.1) is 0 Å². The first-order valence-electron chi connectivity index (χ1n) is 7.70. The Kier molecular flexibility index (Phi) is 3.02. The van der Waals surface area contributed by atoms with Crippen molar-refractivity contribution < 1.29 is 0 Å². The third kappa shape index (κ3) is 1.83. The Labute approximate surface area is 152 Å². The van der Waals surface area contributed by atoms with Gasteiger partial charge >= 0.3 is 0 Å². The molecule has 2 nitrogen and oxygen atoms in total. The normalized spacial score (nSPS) is 11.8. The lowest BCUT2D eigenvalue weighted by Gasteiger charge is -2.09. The van der Waals surface area contributed by atoms with Gasteiger partial charge in [0, 0.05) is 9.86 Å². The summed E-state index contributed by atoms with van der Waals surface area (Å²) in [6.07, 6.45) is 0. The van der Waals surface area contributed by atoms with Crippen LogP contribution in [0.3, 0.4) is 0 Å². The molecule has 0 amide bonds. The molecule has 0 N–H and O–H groups in total. The number of halogens is 2. The molecule has 0 saturated heterocycles. The van der Waals surface area contributed by atoms with Gasteiger partial charge in [-0.05, 0) is 52.3 Å². The van der Waals surface area contributed by atoms with Crippen LogP contribution in [0.4, 0.5) is 0 Å². The van der Waals surface area contributed by atoms with Crippen molar-refractivity contribution in [2.75, 3.05) is 0 Å². The summed E-state index contributed by atoms with van der Waals surface area (Å²) in [6, 6.07) is 25.1. The second-order valence-electron chi connectivity index (χ2n) is 5.79. The van der Waals surface area contributed by atoms with Crippen LogP contribution in [0.2, 0.25) is 5.02 Å². The number of para-hydroxylation sites is 3. The van der Waals surface area contributed by atoms with E-state index in [0.717, 1.165) is 21.3 Å². The lowest BCUT2D eigenvalue weighted by molar-refractivity contribution is 1.14. The van der Waals surface area contributed by atoms with Crippen LogP contribution in [-0.2, 0) is 0 Å². The zero-order chi connectivity index (χ0) is 16.3. The molecule has 0 unspecified atom stereocenters. The molecule has 116 valence electrons. The van der Waals surface area contributed by atoms with E-state index in [-0.39, 0.29) is 0 Å². The van der Waals surface area contributed by atoms with Crippen molar-refractivity contribution in [3.63, 3.8) is 0 Å². The molecule has 0 aliphatic carbocycles. The highest BCUT2D eigenvalue weighted by Gasteiger charge is 2.17. The van der Waals surface area contributed by atoms with E-state index in [1.54, 1.807) is 0 Å². The van der Waals surface area contributed by atoms with E-state index in [4.69, 9.17) is 11.6 Å². The molecule has 24 heavy (non-hydrogen) atoms. The van der Waals surface area contributed by atoms with E-state index >= 15 is 0 Å². The Morgan fingerprint density at radius 1 is 0.750 bits per heavy atom. The lowest BCUT2D eigenvalue weighted by Crippen LogP contribution is -1.95. The van der Waals surface area contributed by atoms with Gasteiger partial charge in [-0.3, -0.25) is 8.97 Å². The number of hydrogen-bond donors (Lipinski definition) is 0. The molecule has 2 heterocycles. The Hall–Kier alpha value is -2.23. The largest absolute Gasteiger partial charge is 0.293 e. The smallest absolute Gasteiger partial charge is 0.123 e. The molecule has 0 bridgehead atoms. The maximum atomic E-state index is 6.61. The molecule has 5 aromatic rings. The Balaban J connectivity index is 2.05. The van der Waals surface area contributed by atoms with Crippen molar-refractivity contribution in [1.82, 2.24) is 8.97 Å². The van der Waals surface area contributed by atoms with Crippen LogP contribution in [0.15, 0.2) is 77.3 Å². The van der Waals surface area contributed by atoms with Gasteiger partial charge in [-0.2, -0.15) is 0 Å². The highest BCUT2D eigenvalue weighted by molar-refractivity contribution is 9.10. The topological polar surface area (TPSA) is 9.34 Å². The van der Waals surface area contributed by atoms with E-state index in [0.29, 0.717) is 5.02 Å². The number of nitrogens with zero attached hydrogens (tertiary/aromatic N) is 2. The van der Waals surface area contributed by atoms with Gasteiger partial charge < -0.3 is 0 Å². The molecule has 4 heteroatoms. The second-order valence-corrected chi connectivity index (χ2v) is 7.03. The highest BCUT2D eigenvalue weighted by Crippen LogP contribution is 2.35. The molecule has 0 spiro atoms. The minimum Gasteiger partial charge on any atom is -0.293 e. The average Bonchev–Trinajstić information content (AvgIpc) is 3.12. The predicted molar refractivity (Wildman–Crippen MR) is 104 cm³/mol. The van der Waals surface area contributed by atoms with Crippen molar-refractivity contribution in [2.45, 2.75) is 0 Å². The number of hydrogen-bond acceptors (Lipinski definition) is 0. The zero-order valence-corrected chi connectivity index (χ0v) is 14.9. The maximum Gasteiger partial charge on any atom is 0.123 e. The van der Waals surface area contributed by atoms with Crippen LogP contribution in [0, 0.1) is 0 Å². The van der Waals surface area contributed by atoms with Crippen LogP contribution in [0.5, 0.6) is 0 Å². The number of aromatic nitrogens is 2. The summed E-state index contributed by atoms with van der Waals surface area (Å²) in [6.45, 7) is 0. The fourth-order valence-corrected chi connectivity index (χ4v) is 4.01. The summed E-state index contributed by atoms with van der Waals surface area (Å²) >= 11 is 10.1. The van der Waals surface area contributed by atoms with E-state index in [1.807, 2.05) is 12.1 Å². The van der Waals surface area contributed by atoms with Gasteiger partial charge in [0.2, 0.25) is 0 Å². The first-order valence-corrected chi connectivity index (χ1v) is 8.87. The fourth-order valence-electron chi connectivity index (χ4n) is 3.44. The van der Waals surface area contributed by atoms with Gasteiger partial charge in [-0.25, -0.2) is 0 Å². The quantitative estimate of drug-likeness (QED) is 0.308. The molecule has 3 aromatic carbocycles. The molecule has 0 saturated carbocycles. The number of imidazole rings is 1. The number of benzene rings is 3. The minimum atomic E-state index is 0.714. The summed E-state index contributed by atoms with van der Waals surface area (Å²) in [7, 11) is 0. The number of fused-ring (bicyclic) bond motifs is 5. The van der Waals surface area contributed by atoms with Gasteiger partial charge in [0.15, 0.2) is 0 Å². The number of rotatable bonds is 1. The first kappa shape index (κ1) is 14.1. The van der Waals surface area contributed by atoms with Gasteiger partial charge in [-0.1, -0.05) is 48.0 Å². The lowest BCUT2D eigenvalue weighted by atomic mass is 10.2. The third-order valence-corrected chi connectivity index (χ3v) is 5.74. The average molecular weight is 396 g/mol. The van der Waals surface area contributed by atoms with Crippen molar-refractivity contribution in [3.8, 4) is 5.69 Å². The van der Waals surface area contributed by atoms with Crippen LogP contribution in [-0.4, -0.2) is 8.97 Å². The molecule has 0 aliphatic heterocycles. The molecule has 5 rings (SSSR count). The van der Waals surface area contributed by atoms with Gasteiger partial charge in [0.1, 0.15) is 5.65 Å². The van der Waals surface area contributed by atoms with Gasteiger partial charge in [0.25, 0.3) is 0 Å². The van der Waals surface area contributed by atoms with Crippen LogP contribution >= 0.6 is 27.5 Å². The van der Waals surface area contributed by atoms with Crippen LogP contribution < -0.4 is 0 Å². The third-order valence-electron chi connectivity index (χ3n) is 4.46. The first-order chi connectivity index (χ1) is 11.8. The van der Waals surface area contributed by atoms with Crippen molar-refractivity contribution in [2.24, 2.45) is 0 Å². The SMILES string of the molecule is Clc1c(Br)cccc1-n1c2ccccc2n2c3ccccc3cc12. The summed E-state index contributed by atoms with van der Waals surface area (Å²) in [5.74, 6) is 0. The zero-order valence-electron chi connectivity index (χ0n) is 12.6. The Morgan fingerprint density at radius 3 is 2.29 bits per heavy atom. The summed E-state index contributed by atoms with van der Waals surface area (Å²) in [5.41, 5.74) is 5.59. The minimum absolute atomic E-state index is 0.714. The molecule has 0 atom stereocenters. The Bertz CT molecular complexity index is 1230. The molecule has 0 radical (unpaired) electrons. The second kappa shape index (κ2) is 5.13. The molecule has 0 fully saturated rings. The van der Waals surface area contributed by atoms with Crippen molar-refractivity contribution >= 4 is 55.1 Å². The highest BCUT2D eigenvalue weighted by atomic mass is 79.9. The van der Waals surface area contributed by atoms with Gasteiger partial charge in [0.05, 0.1) is 27.3 Å². The standard InChI is InChI=1S/C20H12BrClN2/c21-14-7-5-11-18(20(14)22)24-17-10-4-3-9-16(17)23-15-8-2-1-6-13(15)12-19(23)24/h1-12H. The summed E-state index contributed by atoms with van der Waals surface area (Å²) in [4.78, 5) is 0. The van der Waals surface area contributed by atoms with E-state index in [9.17, 15) is 0 Å². The maximum absolute atomic E-state index is 6.61. The monoisotopic (exact) mass is 394 g/mol. The molecule has 2 aromatic heterocycles. The van der Waals surface area contributed by atoms with E-state index in [2.05, 4.69) is 85.6 Å². The fraction of sp³-hybridized carbons (Fsp3) is 0. The van der Waals surface area contributed by atoms with Crippen molar-refractivity contribution in [3.05, 3.63) is 82.3 Å². The molecular weight excluding hydrogens is 384 g/mol. The van der Waals surface area contributed by atoms with E-state index < -0.39 is 0 Å². The van der Waals surface area contributed by atoms with Crippen LogP contribution in [0.25, 0.3) is 33.3 Å². The Morgan fingerprint density at radius 2 is 1.46 bits per heavy atom. The van der Waals surface area contributed by atoms with Crippen LogP contribution in [0.1, 0.15) is 0 Å². The summed E-state index contributed by atoms with van der Waals surface area (Å²) in [5, 5.41) is 1.93. The summed E-state index contributed by atoms with van der Waals surface area (Å²) < 4.78 is 5.42. The predicted octanol–water partition coefficient (Wildman–Crippen LogP) is 6.45. The molecular formula is C20H12BrClN2. The van der Waals surface area contributed by atoms with Crippen molar-refractivity contribution in [1.29, 1.82) is 0 Å².